The summed E-state index contributed by atoms with van der Waals surface area (Å²) in [6.45, 7) is 9.80. The standard InChI is InChI=1S/C12H22N2OS/c1-9-8-16-11(14-9)7-13-6-10(15)5-12(2,3)4/h8,10,13,15H,5-7H2,1-4H3. The third-order valence-corrected chi connectivity index (χ3v) is 3.14. The maximum atomic E-state index is 9.79. The van der Waals surface area contributed by atoms with E-state index in [0.29, 0.717) is 6.54 Å². The number of hydrogen-bond acceptors (Lipinski definition) is 4. The van der Waals surface area contributed by atoms with Crippen LogP contribution < -0.4 is 5.32 Å². The van der Waals surface area contributed by atoms with E-state index in [0.717, 1.165) is 23.7 Å². The van der Waals surface area contributed by atoms with Crippen LogP contribution in [0.4, 0.5) is 0 Å². The fraction of sp³-hybridized carbons (Fsp3) is 0.750. The van der Waals surface area contributed by atoms with Gasteiger partial charge in [-0.25, -0.2) is 4.98 Å². The van der Waals surface area contributed by atoms with Crippen molar-refractivity contribution in [3.8, 4) is 0 Å². The summed E-state index contributed by atoms with van der Waals surface area (Å²) < 4.78 is 0. The molecule has 0 saturated carbocycles. The van der Waals surface area contributed by atoms with Crippen LogP contribution in [0.5, 0.6) is 0 Å². The van der Waals surface area contributed by atoms with Crippen LogP contribution >= 0.6 is 11.3 Å². The van der Waals surface area contributed by atoms with E-state index in [1.54, 1.807) is 11.3 Å². The van der Waals surface area contributed by atoms with Crippen LogP contribution in [0.25, 0.3) is 0 Å². The van der Waals surface area contributed by atoms with Crippen LogP contribution in [0.1, 0.15) is 37.9 Å². The third kappa shape index (κ3) is 5.58. The van der Waals surface area contributed by atoms with Gasteiger partial charge in [-0.1, -0.05) is 20.8 Å². The predicted octanol–water partition coefficient (Wildman–Crippen LogP) is 2.34. The molecule has 1 aromatic heterocycles. The van der Waals surface area contributed by atoms with Crippen molar-refractivity contribution in [2.24, 2.45) is 5.41 Å². The Kier molecular flexibility index (Phi) is 4.89. The van der Waals surface area contributed by atoms with E-state index in [4.69, 9.17) is 0 Å². The first kappa shape index (κ1) is 13.6. The average Bonchev–Trinajstić information content (AvgIpc) is 2.48. The first-order valence-electron chi connectivity index (χ1n) is 5.66. The van der Waals surface area contributed by atoms with Gasteiger partial charge < -0.3 is 10.4 Å². The lowest BCUT2D eigenvalue weighted by molar-refractivity contribution is 0.119. The molecule has 0 aliphatic carbocycles. The molecule has 1 atom stereocenters. The topological polar surface area (TPSA) is 45.1 Å². The van der Waals surface area contributed by atoms with Crippen molar-refractivity contribution in [2.75, 3.05) is 6.54 Å². The average molecular weight is 242 g/mol. The lowest BCUT2D eigenvalue weighted by Gasteiger charge is -2.22. The lowest BCUT2D eigenvalue weighted by Crippen LogP contribution is -2.29. The van der Waals surface area contributed by atoms with Crippen LogP contribution in [0, 0.1) is 12.3 Å². The summed E-state index contributed by atoms with van der Waals surface area (Å²) >= 11 is 1.66. The number of nitrogens with zero attached hydrogens (tertiary/aromatic N) is 1. The number of thiazole rings is 1. The second-order valence-electron chi connectivity index (χ2n) is 5.43. The highest BCUT2D eigenvalue weighted by atomic mass is 32.1. The Hall–Kier alpha value is -0.450. The summed E-state index contributed by atoms with van der Waals surface area (Å²) in [6.07, 6.45) is 0.540. The zero-order valence-corrected chi connectivity index (χ0v) is 11.4. The number of rotatable bonds is 5. The maximum Gasteiger partial charge on any atom is 0.107 e. The van der Waals surface area contributed by atoms with Gasteiger partial charge in [-0.15, -0.1) is 11.3 Å². The summed E-state index contributed by atoms with van der Waals surface area (Å²) in [4.78, 5) is 4.36. The first-order valence-corrected chi connectivity index (χ1v) is 6.54. The number of nitrogens with one attached hydrogen (secondary N) is 1. The van der Waals surface area contributed by atoms with Crippen molar-refractivity contribution in [3.05, 3.63) is 16.1 Å². The minimum atomic E-state index is -0.277. The Bertz CT molecular complexity index is 317. The van der Waals surface area contributed by atoms with Crippen molar-refractivity contribution in [1.82, 2.24) is 10.3 Å². The van der Waals surface area contributed by atoms with Crippen LogP contribution in [-0.4, -0.2) is 22.7 Å². The maximum absolute atomic E-state index is 9.79. The predicted molar refractivity (Wildman–Crippen MR) is 68.6 cm³/mol. The zero-order valence-electron chi connectivity index (χ0n) is 10.6. The van der Waals surface area contributed by atoms with Crippen molar-refractivity contribution in [2.45, 2.75) is 46.8 Å². The molecule has 1 rings (SSSR count). The van der Waals surface area contributed by atoms with E-state index >= 15 is 0 Å². The molecule has 1 aromatic rings. The first-order chi connectivity index (χ1) is 7.37. The van der Waals surface area contributed by atoms with Crippen molar-refractivity contribution < 1.29 is 5.11 Å². The monoisotopic (exact) mass is 242 g/mol. The molecule has 0 saturated heterocycles. The van der Waals surface area contributed by atoms with Crippen LogP contribution in [0.2, 0.25) is 0 Å². The smallest absolute Gasteiger partial charge is 0.107 e. The molecule has 16 heavy (non-hydrogen) atoms. The second-order valence-corrected chi connectivity index (χ2v) is 6.37. The highest BCUT2D eigenvalue weighted by Gasteiger charge is 2.16. The molecular weight excluding hydrogens is 220 g/mol. The van der Waals surface area contributed by atoms with Gasteiger partial charge in [0.15, 0.2) is 0 Å². The van der Waals surface area contributed by atoms with Crippen LogP contribution in [0.3, 0.4) is 0 Å². The molecule has 1 unspecified atom stereocenters. The van der Waals surface area contributed by atoms with Crippen LogP contribution in [0.15, 0.2) is 5.38 Å². The van der Waals surface area contributed by atoms with E-state index in [1.165, 1.54) is 0 Å². The molecular formula is C12H22N2OS. The van der Waals surface area contributed by atoms with Gasteiger partial charge in [0.25, 0.3) is 0 Å². The fourth-order valence-electron chi connectivity index (χ4n) is 1.61. The van der Waals surface area contributed by atoms with Gasteiger partial charge in [-0.3, -0.25) is 0 Å². The Morgan fingerprint density at radius 3 is 2.69 bits per heavy atom. The third-order valence-electron chi connectivity index (χ3n) is 2.17. The summed E-state index contributed by atoms with van der Waals surface area (Å²) in [5, 5.41) is 16.2. The normalized spacial score (nSPS) is 14.1. The molecule has 2 N–H and O–H groups in total. The van der Waals surface area contributed by atoms with Gasteiger partial charge in [-0.2, -0.15) is 0 Å². The molecule has 0 amide bonds. The minimum absolute atomic E-state index is 0.179. The van der Waals surface area contributed by atoms with Gasteiger partial charge in [0.2, 0.25) is 0 Å². The van der Waals surface area contributed by atoms with Crippen molar-refractivity contribution in [1.29, 1.82) is 0 Å². The molecule has 0 aromatic carbocycles. The number of aliphatic hydroxyl groups is 1. The lowest BCUT2D eigenvalue weighted by atomic mass is 9.89. The SMILES string of the molecule is Cc1csc(CNCC(O)CC(C)(C)C)n1. The Morgan fingerprint density at radius 1 is 1.50 bits per heavy atom. The van der Waals surface area contributed by atoms with E-state index < -0.39 is 0 Å². The van der Waals surface area contributed by atoms with Crippen molar-refractivity contribution in [3.63, 3.8) is 0 Å². The summed E-state index contributed by atoms with van der Waals surface area (Å²) in [5.74, 6) is 0. The highest BCUT2D eigenvalue weighted by molar-refractivity contribution is 7.09. The number of aryl methyl sites for hydroxylation is 1. The molecule has 0 radical (unpaired) electrons. The zero-order chi connectivity index (χ0) is 12.2. The molecule has 1 heterocycles. The Labute approximate surface area is 102 Å². The van der Waals surface area contributed by atoms with Gasteiger partial charge in [0, 0.05) is 24.2 Å². The Balaban J connectivity index is 2.20. The molecule has 0 aliphatic heterocycles. The largest absolute Gasteiger partial charge is 0.392 e. The summed E-state index contributed by atoms with van der Waals surface area (Å²) in [7, 11) is 0. The van der Waals surface area contributed by atoms with E-state index in [2.05, 4.69) is 31.1 Å². The van der Waals surface area contributed by atoms with Gasteiger partial charge in [-0.05, 0) is 18.8 Å². The molecule has 3 nitrogen and oxygen atoms in total. The van der Waals surface area contributed by atoms with E-state index in [-0.39, 0.29) is 11.5 Å². The Morgan fingerprint density at radius 2 is 2.19 bits per heavy atom. The summed E-state index contributed by atoms with van der Waals surface area (Å²) in [5.41, 5.74) is 1.25. The van der Waals surface area contributed by atoms with E-state index in [1.807, 2.05) is 12.3 Å². The minimum Gasteiger partial charge on any atom is -0.392 e. The van der Waals surface area contributed by atoms with Gasteiger partial charge in [0.1, 0.15) is 5.01 Å². The van der Waals surface area contributed by atoms with Gasteiger partial charge in [0.05, 0.1) is 6.10 Å². The molecule has 0 bridgehead atoms. The highest BCUT2D eigenvalue weighted by Crippen LogP contribution is 2.20. The summed E-state index contributed by atoms with van der Waals surface area (Å²) in [6, 6.07) is 0. The molecule has 92 valence electrons. The van der Waals surface area contributed by atoms with Crippen LogP contribution in [-0.2, 0) is 6.54 Å². The fourth-order valence-corrected chi connectivity index (χ4v) is 2.35. The molecule has 0 fully saturated rings. The number of aromatic nitrogens is 1. The molecule has 0 spiro atoms. The molecule has 4 heteroatoms. The van der Waals surface area contributed by atoms with Crippen molar-refractivity contribution >= 4 is 11.3 Å². The number of aliphatic hydroxyl groups excluding tert-OH is 1. The van der Waals surface area contributed by atoms with E-state index in [9.17, 15) is 5.11 Å². The van der Waals surface area contributed by atoms with Gasteiger partial charge >= 0.3 is 0 Å². The molecule has 0 aliphatic rings. The second kappa shape index (κ2) is 5.75. The number of hydrogen-bond donors (Lipinski definition) is 2. The quantitative estimate of drug-likeness (QED) is 0.833.